The van der Waals surface area contributed by atoms with Crippen molar-refractivity contribution in [1.29, 1.82) is 0 Å². The highest BCUT2D eigenvalue weighted by Gasteiger charge is 2.20. The topological polar surface area (TPSA) is 12.0 Å². The summed E-state index contributed by atoms with van der Waals surface area (Å²) in [7, 11) is 0. The highest BCUT2D eigenvalue weighted by molar-refractivity contribution is 9.10. The van der Waals surface area contributed by atoms with Gasteiger partial charge in [0.25, 0.3) is 0 Å². The number of nitrogens with one attached hydrogen (secondary N) is 1. The summed E-state index contributed by atoms with van der Waals surface area (Å²) >= 11 is 3.31. The molecular weight excluding hydrogens is 262 g/mol. The molecule has 1 nitrogen and oxygen atoms in total. The van der Waals surface area contributed by atoms with E-state index in [-0.39, 0.29) is 10.8 Å². The number of hydrogen-bond donors (Lipinski definition) is 1. The van der Waals surface area contributed by atoms with E-state index in [0.29, 0.717) is 0 Å². The molecule has 90 valence electrons. The van der Waals surface area contributed by atoms with Crippen molar-refractivity contribution in [2.24, 2.45) is 0 Å². The summed E-state index contributed by atoms with van der Waals surface area (Å²) in [4.78, 5) is 0. The molecule has 0 bridgehead atoms. The third-order valence-electron chi connectivity index (χ3n) is 2.77. The zero-order valence-electron chi connectivity index (χ0n) is 11.1. The summed E-state index contributed by atoms with van der Waals surface area (Å²) in [5.41, 5.74) is 4.21. The van der Waals surface area contributed by atoms with Gasteiger partial charge >= 0.3 is 0 Å². The van der Waals surface area contributed by atoms with Gasteiger partial charge in [-0.3, -0.25) is 0 Å². The van der Waals surface area contributed by atoms with E-state index in [0.717, 1.165) is 5.69 Å². The molecule has 0 atom stereocenters. The lowest BCUT2D eigenvalue weighted by molar-refractivity contribution is 0.569. The molecule has 0 heterocycles. The number of anilines is 1. The molecule has 0 aromatic heterocycles. The minimum absolute atomic E-state index is 0.180. The normalized spacial score (nSPS) is 12.7. The van der Waals surface area contributed by atoms with Crippen LogP contribution in [0.4, 0.5) is 5.69 Å². The molecular formula is C14H22BrN. The highest BCUT2D eigenvalue weighted by Crippen LogP contribution is 2.32. The molecule has 16 heavy (non-hydrogen) atoms. The van der Waals surface area contributed by atoms with E-state index in [4.69, 9.17) is 0 Å². The molecule has 1 rings (SSSR count). The van der Waals surface area contributed by atoms with Gasteiger partial charge in [-0.2, -0.15) is 0 Å². The first kappa shape index (κ1) is 13.6. The van der Waals surface area contributed by atoms with Crippen LogP contribution in [0.3, 0.4) is 0 Å². The van der Waals surface area contributed by atoms with Crippen LogP contribution in [0, 0.1) is 0 Å². The molecule has 1 N–H and O–H groups in total. The lowest BCUT2D eigenvalue weighted by Gasteiger charge is -2.25. The summed E-state index contributed by atoms with van der Waals surface area (Å²) in [5, 5.41) is 0. The molecule has 0 aliphatic carbocycles. The largest absolute Gasteiger partial charge is 0.322 e. The number of halogens is 1. The molecule has 2 heteroatoms. The van der Waals surface area contributed by atoms with Gasteiger partial charge in [0, 0.05) is 21.8 Å². The fraction of sp³-hybridized carbons (Fsp3) is 0.571. The molecule has 0 unspecified atom stereocenters. The van der Waals surface area contributed by atoms with Crippen LogP contribution in [0.25, 0.3) is 0 Å². The molecule has 0 saturated carbocycles. The Labute approximate surface area is 108 Å². The predicted molar refractivity (Wildman–Crippen MR) is 76.4 cm³/mol. The first-order chi connectivity index (χ1) is 7.14. The van der Waals surface area contributed by atoms with Gasteiger partial charge in [0.05, 0.1) is 0 Å². The average molecular weight is 284 g/mol. The van der Waals surface area contributed by atoms with E-state index in [2.05, 4.69) is 80.2 Å². The average Bonchev–Trinajstić information content (AvgIpc) is 2.14. The third kappa shape index (κ3) is 3.24. The first-order valence-corrected chi connectivity index (χ1v) is 6.46. The van der Waals surface area contributed by atoms with Crippen LogP contribution in [-0.2, 0) is 10.8 Å². The van der Waals surface area contributed by atoms with Gasteiger partial charge < -0.3 is 4.34 Å². The maximum atomic E-state index is 3.31. The third-order valence-corrected chi connectivity index (χ3v) is 3.23. The molecule has 0 radical (unpaired) electrons. The van der Waals surface area contributed by atoms with E-state index in [9.17, 15) is 0 Å². The predicted octanol–water partition coefficient (Wildman–Crippen LogP) is 5.00. The number of hydrogen-bond acceptors (Lipinski definition) is 1. The van der Waals surface area contributed by atoms with Gasteiger partial charge in [-0.1, -0.05) is 47.6 Å². The second-order valence-electron chi connectivity index (χ2n) is 6.39. The van der Waals surface area contributed by atoms with Crippen molar-refractivity contribution in [2.75, 3.05) is 4.34 Å². The lowest BCUT2D eigenvalue weighted by atomic mass is 9.80. The van der Waals surface area contributed by atoms with Gasteiger partial charge in [0.1, 0.15) is 0 Å². The van der Waals surface area contributed by atoms with Crippen molar-refractivity contribution in [2.45, 2.75) is 52.4 Å². The maximum Gasteiger partial charge on any atom is 0.0465 e. The molecule has 0 fully saturated rings. The Hall–Kier alpha value is -0.500. The lowest BCUT2D eigenvalue weighted by Crippen LogP contribution is -2.16. The second kappa shape index (κ2) is 4.40. The zero-order chi connectivity index (χ0) is 12.6. The van der Waals surface area contributed by atoms with Crippen molar-refractivity contribution < 1.29 is 0 Å². The Morgan fingerprint density at radius 3 is 1.44 bits per heavy atom. The van der Waals surface area contributed by atoms with Crippen molar-refractivity contribution in [1.82, 2.24) is 0 Å². The molecule has 0 aliphatic heterocycles. The van der Waals surface area contributed by atoms with E-state index in [1.54, 1.807) is 0 Å². The van der Waals surface area contributed by atoms with E-state index in [1.807, 2.05) is 0 Å². The Morgan fingerprint density at radius 1 is 0.812 bits per heavy atom. The van der Waals surface area contributed by atoms with E-state index >= 15 is 0 Å². The standard InChI is InChI=1S/C14H22BrN/c1-13(2,3)10-7-11(14(4,5)6)9-12(8-10)16-15/h7-9,16H,1-6H3. The quantitative estimate of drug-likeness (QED) is 0.715. The SMILES string of the molecule is CC(C)(C)c1cc(NBr)cc(C(C)(C)C)c1. The number of benzene rings is 1. The maximum absolute atomic E-state index is 3.31. The van der Waals surface area contributed by atoms with Crippen LogP contribution in [0.1, 0.15) is 52.7 Å². The minimum Gasteiger partial charge on any atom is -0.322 e. The smallest absolute Gasteiger partial charge is 0.0465 e. The number of rotatable bonds is 1. The first-order valence-electron chi connectivity index (χ1n) is 5.67. The van der Waals surface area contributed by atoms with Crippen LogP contribution in [0.2, 0.25) is 0 Å². The second-order valence-corrected chi connectivity index (χ2v) is 6.79. The van der Waals surface area contributed by atoms with Crippen LogP contribution in [-0.4, -0.2) is 0 Å². The van der Waals surface area contributed by atoms with E-state index < -0.39 is 0 Å². The van der Waals surface area contributed by atoms with Crippen molar-refractivity contribution in [3.63, 3.8) is 0 Å². The van der Waals surface area contributed by atoms with Gasteiger partial charge in [0.15, 0.2) is 0 Å². The Balaban J connectivity index is 3.33. The Kier molecular flexibility index (Phi) is 3.73. The molecule has 0 saturated heterocycles. The van der Waals surface area contributed by atoms with Crippen LogP contribution in [0.5, 0.6) is 0 Å². The molecule has 0 spiro atoms. The van der Waals surface area contributed by atoms with Gasteiger partial charge in [-0.05, 0) is 34.1 Å². The molecule has 0 aliphatic rings. The van der Waals surface area contributed by atoms with Crippen LogP contribution >= 0.6 is 16.1 Å². The summed E-state index contributed by atoms with van der Waals surface area (Å²) in [6.45, 7) is 13.5. The van der Waals surface area contributed by atoms with E-state index in [1.165, 1.54) is 11.1 Å². The van der Waals surface area contributed by atoms with Crippen LogP contribution in [0.15, 0.2) is 18.2 Å². The fourth-order valence-corrected chi connectivity index (χ4v) is 1.78. The molecule has 0 amide bonds. The highest BCUT2D eigenvalue weighted by atomic mass is 79.9. The molecule has 1 aromatic rings. The summed E-state index contributed by atoms with van der Waals surface area (Å²) in [5.74, 6) is 0. The van der Waals surface area contributed by atoms with Gasteiger partial charge in [0.2, 0.25) is 0 Å². The van der Waals surface area contributed by atoms with Crippen molar-refractivity contribution in [3.05, 3.63) is 29.3 Å². The summed E-state index contributed by atoms with van der Waals surface area (Å²) in [6.07, 6.45) is 0. The summed E-state index contributed by atoms with van der Waals surface area (Å²) < 4.78 is 3.06. The van der Waals surface area contributed by atoms with Crippen LogP contribution < -0.4 is 4.34 Å². The monoisotopic (exact) mass is 283 g/mol. The van der Waals surface area contributed by atoms with Crippen molar-refractivity contribution in [3.8, 4) is 0 Å². The fourth-order valence-electron chi connectivity index (χ4n) is 1.55. The van der Waals surface area contributed by atoms with Crippen molar-refractivity contribution >= 4 is 21.8 Å². The zero-order valence-corrected chi connectivity index (χ0v) is 12.7. The van der Waals surface area contributed by atoms with Gasteiger partial charge in [-0.15, -0.1) is 0 Å². The van der Waals surface area contributed by atoms with Gasteiger partial charge in [-0.25, -0.2) is 0 Å². The minimum atomic E-state index is 0.180. The summed E-state index contributed by atoms with van der Waals surface area (Å²) in [6, 6.07) is 6.71. The molecule has 1 aromatic carbocycles. The Bertz CT molecular complexity index is 337. The Morgan fingerprint density at radius 2 is 1.19 bits per heavy atom.